The Morgan fingerprint density at radius 1 is 1.42 bits per heavy atom. The van der Waals surface area contributed by atoms with E-state index in [9.17, 15) is 4.79 Å². The molecule has 0 aliphatic carbocycles. The highest BCUT2D eigenvalue weighted by atomic mass is 16.5. The minimum absolute atomic E-state index is 0.0697. The third-order valence-corrected chi connectivity index (χ3v) is 4.33. The molecule has 0 saturated carbocycles. The molecule has 1 N–H and O–H groups in total. The molecule has 1 fully saturated rings. The van der Waals surface area contributed by atoms with Gasteiger partial charge in [-0.1, -0.05) is 31.1 Å². The number of carbonyl (C=O) groups is 1. The van der Waals surface area contributed by atoms with Gasteiger partial charge in [0.05, 0.1) is 24.5 Å². The summed E-state index contributed by atoms with van der Waals surface area (Å²) < 4.78 is 10.8. The average molecular weight is 329 g/mol. The lowest BCUT2D eigenvalue weighted by molar-refractivity contribution is 0.195. The molecule has 2 heterocycles. The number of nitrogens with zero attached hydrogens (tertiary/aromatic N) is 2. The van der Waals surface area contributed by atoms with Crippen LogP contribution in [0.1, 0.15) is 50.1 Å². The van der Waals surface area contributed by atoms with Crippen LogP contribution in [0.25, 0.3) is 0 Å². The first kappa shape index (κ1) is 16.4. The third-order valence-electron chi connectivity index (χ3n) is 4.33. The number of hydrogen-bond donors (Lipinski definition) is 1. The van der Waals surface area contributed by atoms with Gasteiger partial charge in [0, 0.05) is 12.6 Å². The molecule has 0 bridgehead atoms. The van der Waals surface area contributed by atoms with Crippen molar-refractivity contribution in [3.63, 3.8) is 0 Å². The smallest absolute Gasteiger partial charge is 0.322 e. The van der Waals surface area contributed by atoms with Crippen molar-refractivity contribution in [3.8, 4) is 5.75 Å². The van der Waals surface area contributed by atoms with Gasteiger partial charge >= 0.3 is 6.03 Å². The largest absolute Gasteiger partial charge is 0.495 e. The summed E-state index contributed by atoms with van der Waals surface area (Å²) in [5, 5.41) is 7.04. The Hall–Kier alpha value is -2.50. The van der Waals surface area contributed by atoms with Gasteiger partial charge in [0.15, 0.2) is 5.76 Å². The van der Waals surface area contributed by atoms with Crippen LogP contribution in [0.5, 0.6) is 5.75 Å². The number of hydrogen-bond acceptors (Lipinski definition) is 4. The van der Waals surface area contributed by atoms with Crippen LogP contribution in [0.2, 0.25) is 0 Å². The Labute approximate surface area is 141 Å². The predicted octanol–water partition coefficient (Wildman–Crippen LogP) is 4.18. The molecular weight excluding hydrogens is 306 g/mol. The second kappa shape index (κ2) is 6.95. The molecule has 6 heteroatoms. The van der Waals surface area contributed by atoms with Crippen molar-refractivity contribution in [1.29, 1.82) is 0 Å². The lowest BCUT2D eigenvalue weighted by Crippen LogP contribution is -2.34. The maximum Gasteiger partial charge on any atom is 0.322 e. The first-order valence-corrected chi connectivity index (χ1v) is 8.27. The number of nitrogens with one attached hydrogen (secondary N) is 1. The van der Waals surface area contributed by atoms with Gasteiger partial charge in [-0.2, -0.15) is 0 Å². The second-order valence-corrected chi connectivity index (χ2v) is 6.29. The summed E-state index contributed by atoms with van der Waals surface area (Å²) in [5.41, 5.74) is 1.58. The van der Waals surface area contributed by atoms with Gasteiger partial charge in [-0.15, -0.1) is 0 Å². The van der Waals surface area contributed by atoms with Crippen molar-refractivity contribution in [3.05, 3.63) is 41.8 Å². The Morgan fingerprint density at radius 2 is 2.21 bits per heavy atom. The van der Waals surface area contributed by atoms with Crippen molar-refractivity contribution in [2.45, 2.75) is 38.6 Å². The monoisotopic (exact) mass is 329 g/mol. The van der Waals surface area contributed by atoms with Crippen LogP contribution in [0.15, 0.2) is 34.9 Å². The first-order valence-electron chi connectivity index (χ1n) is 8.27. The zero-order valence-corrected chi connectivity index (χ0v) is 14.3. The average Bonchev–Trinajstić information content (AvgIpc) is 3.24. The van der Waals surface area contributed by atoms with Gasteiger partial charge in [0.1, 0.15) is 5.75 Å². The minimum Gasteiger partial charge on any atom is -0.495 e. The fraction of sp³-hybridized carbons (Fsp3) is 0.444. The number of para-hydroxylation sites is 2. The first-order chi connectivity index (χ1) is 11.6. The normalized spacial score (nSPS) is 17.3. The Kier molecular flexibility index (Phi) is 4.74. The molecule has 1 aliphatic rings. The lowest BCUT2D eigenvalue weighted by Gasteiger charge is -2.23. The van der Waals surface area contributed by atoms with Gasteiger partial charge in [0.2, 0.25) is 0 Å². The number of carbonyl (C=O) groups excluding carboxylic acids is 1. The van der Waals surface area contributed by atoms with Crippen LogP contribution in [0.4, 0.5) is 10.5 Å². The molecule has 3 rings (SSSR count). The van der Waals surface area contributed by atoms with E-state index < -0.39 is 0 Å². The van der Waals surface area contributed by atoms with Gasteiger partial charge < -0.3 is 19.5 Å². The summed E-state index contributed by atoms with van der Waals surface area (Å²) in [6, 6.07) is 9.13. The summed E-state index contributed by atoms with van der Waals surface area (Å²) in [6.07, 6.45) is 1.83. The van der Waals surface area contributed by atoms with Crippen LogP contribution in [-0.4, -0.2) is 29.7 Å². The number of ether oxygens (including phenoxy) is 1. The van der Waals surface area contributed by atoms with Crippen molar-refractivity contribution in [2.24, 2.45) is 0 Å². The second-order valence-electron chi connectivity index (χ2n) is 6.29. The molecule has 1 aliphatic heterocycles. The summed E-state index contributed by atoms with van der Waals surface area (Å²) in [4.78, 5) is 14.5. The number of aromatic nitrogens is 1. The van der Waals surface area contributed by atoms with E-state index >= 15 is 0 Å². The molecule has 1 unspecified atom stereocenters. The van der Waals surface area contributed by atoms with E-state index in [0.717, 1.165) is 24.3 Å². The van der Waals surface area contributed by atoms with Crippen molar-refractivity contribution in [2.75, 3.05) is 19.0 Å². The molecule has 1 aromatic carbocycles. The van der Waals surface area contributed by atoms with Crippen molar-refractivity contribution < 1.29 is 14.1 Å². The molecule has 0 radical (unpaired) electrons. The van der Waals surface area contributed by atoms with Gasteiger partial charge in [-0.3, -0.25) is 0 Å². The van der Waals surface area contributed by atoms with Crippen LogP contribution < -0.4 is 10.1 Å². The number of amides is 2. The van der Waals surface area contributed by atoms with E-state index in [0.29, 0.717) is 23.9 Å². The maximum atomic E-state index is 12.7. The Balaban J connectivity index is 1.76. The fourth-order valence-corrected chi connectivity index (χ4v) is 2.97. The summed E-state index contributed by atoms with van der Waals surface area (Å²) in [7, 11) is 1.59. The maximum absolute atomic E-state index is 12.7. The van der Waals surface area contributed by atoms with E-state index in [2.05, 4.69) is 24.3 Å². The van der Waals surface area contributed by atoms with Crippen LogP contribution in [0.3, 0.4) is 0 Å². The Bertz CT molecular complexity index is 711. The number of urea groups is 1. The fourth-order valence-electron chi connectivity index (χ4n) is 2.97. The molecule has 1 atom stereocenters. The SMILES string of the molecule is COc1ccccc1NC(=O)N1CCCC1c1cc(C(C)C)no1. The van der Waals surface area contributed by atoms with E-state index in [-0.39, 0.29) is 12.1 Å². The molecule has 1 aromatic heterocycles. The molecule has 6 nitrogen and oxygen atoms in total. The van der Waals surface area contributed by atoms with Gasteiger partial charge in [-0.05, 0) is 30.9 Å². The number of benzene rings is 1. The molecule has 2 aromatic rings. The van der Waals surface area contributed by atoms with Crippen molar-refractivity contribution in [1.82, 2.24) is 10.1 Å². The van der Waals surface area contributed by atoms with Crippen LogP contribution in [-0.2, 0) is 0 Å². The molecule has 1 saturated heterocycles. The molecule has 128 valence electrons. The summed E-state index contributed by atoms with van der Waals surface area (Å²) >= 11 is 0. The third kappa shape index (κ3) is 3.22. The van der Waals surface area contributed by atoms with Gasteiger partial charge in [-0.25, -0.2) is 4.79 Å². The minimum atomic E-state index is -0.149. The zero-order valence-electron chi connectivity index (χ0n) is 14.3. The number of likely N-dealkylation sites (tertiary alicyclic amines) is 1. The zero-order chi connectivity index (χ0) is 17.1. The van der Waals surface area contributed by atoms with Gasteiger partial charge in [0.25, 0.3) is 0 Å². The number of rotatable bonds is 4. The molecule has 2 amide bonds. The standard InChI is InChI=1S/C18H23N3O3/c1-12(2)14-11-17(24-20-14)15-8-6-10-21(15)18(22)19-13-7-4-5-9-16(13)23-3/h4-5,7,9,11-12,15H,6,8,10H2,1-3H3,(H,19,22). The lowest BCUT2D eigenvalue weighted by atomic mass is 10.1. The predicted molar refractivity (Wildman–Crippen MR) is 91.3 cm³/mol. The van der Waals surface area contributed by atoms with Crippen molar-refractivity contribution >= 4 is 11.7 Å². The van der Waals surface area contributed by atoms with E-state index in [1.807, 2.05) is 30.3 Å². The molecule has 0 spiro atoms. The van der Waals surface area contributed by atoms with E-state index in [4.69, 9.17) is 9.26 Å². The van der Waals surface area contributed by atoms with Crippen LogP contribution >= 0.6 is 0 Å². The topological polar surface area (TPSA) is 67.6 Å². The van der Waals surface area contributed by atoms with E-state index in [1.165, 1.54) is 0 Å². The summed E-state index contributed by atoms with van der Waals surface area (Å²) in [5.74, 6) is 1.70. The van der Waals surface area contributed by atoms with Crippen LogP contribution in [0, 0.1) is 0 Å². The highest BCUT2D eigenvalue weighted by molar-refractivity contribution is 5.91. The highest BCUT2D eigenvalue weighted by Crippen LogP contribution is 2.34. The quantitative estimate of drug-likeness (QED) is 0.914. The highest BCUT2D eigenvalue weighted by Gasteiger charge is 2.33. The molecular formula is C18H23N3O3. The number of anilines is 1. The Morgan fingerprint density at radius 3 is 2.92 bits per heavy atom. The summed E-state index contributed by atoms with van der Waals surface area (Å²) in [6.45, 7) is 4.84. The molecule has 24 heavy (non-hydrogen) atoms. The number of methoxy groups -OCH3 is 1. The van der Waals surface area contributed by atoms with E-state index in [1.54, 1.807) is 12.0 Å².